The van der Waals surface area contributed by atoms with E-state index >= 15 is 0 Å². The van der Waals surface area contributed by atoms with Crippen LogP contribution in [0.2, 0.25) is 12.1 Å². The van der Waals surface area contributed by atoms with Crippen LogP contribution in [0.1, 0.15) is 26.7 Å². The van der Waals surface area contributed by atoms with E-state index in [0.29, 0.717) is 0 Å². The standard InChI is InChI=1S/C8H20Cl2Si2/c1-3-4-7(2)8(5-11-9)6-12-10/h7-8H,3-6,11-12H2,1-2H3. The Balaban J connectivity index is 3.72. The summed E-state index contributed by atoms with van der Waals surface area (Å²) in [6, 6.07) is 2.59. The van der Waals surface area contributed by atoms with E-state index < -0.39 is 0 Å². The van der Waals surface area contributed by atoms with Gasteiger partial charge in [0.25, 0.3) is 0 Å². The van der Waals surface area contributed by atoms with Crippen molar-refractivity contribution in [2.24, 2.45) is 11.8 Å². The zero-order valence-corrected chi connectivity index (χ0v) is 12.5. The van der Waals surface area contributed by atoms with E-state index in [-0.39, 0.29) is 17.7 Å². The third-order valence-corrected chi connectivity index (χ3v) is 5.74. The van der Waals surface area contributed by atoms with Gasteiger partial charge in [0.15, 0.2) is 0 Å². The van der Waals surface area contributed by atoms with Crippen LogP contribution < -0.4 is 0 Å². The van der Waals surface area contributed by atoms with Crippen molar-refractivity contribution in [1.82, 2.24) is 0 Å². The van der Waals surface area contributed by atoms with Gasteiger partial charge in [0, 0.05) is 0 Å². The average molecular weight is 243 g/mol. The van der Waals surface area contributed by atoms with Gasteiger partial charge in [0.2, 0.25) is 0 Å². The summed E-state index contributed by atoms with van der Waals surface area (Å²) < 4.78 is 0. The Hall–Kier alpha value is 1.01. The number of halogens is 2. The largest absolute Gasteiger partial charge is 0.176 e. The molecule has 0 aliphatic carbocycles. The fraction of sp³-hybridized carbons (Fsp3) is 1.00. The SMILES string of the molecule is CCCC(C)C(C[SiH2]Cl)C[SiH2]Cl. The predicted octanol–water partition coefficient (Wildman–Crippen LogP) is 2.52. The molecule has 0 aromatic carbocycles. The first-order valence-corrected chi connectivity index (χ1v) is 11.2. The average Bonchev–Trinajstić information content (AvgIpc) is 2.04. The van der Waals surface area contributed by atoms with Gasteiger partial charge in [-0.3, -0.25) is 0 Å². The molecule has 0 radical (unpaired) electrons. The van der Waals surface area contributed by atoms with Gasteiger partial charge in [-0.25, -0.2) is 0 Å². The van der Waals surface area contributed by atoms with Crippen LogP contribution in [0.5, 0.6) is 0 Å². The molecule has 0 N–H and O–H groups in total. The van der Waals surface area contributed by atoms with Crippen molar-refractivity contribution in [2.45, 2.75) is 38.8 Å². The first-order valence-electron chi connectivity index (χ1n) is 4.88. The minimum atomic E-state index is -0.278. The molecule has 0 aromatic rings. The van der Waals surface area contributed by atoms with E-state index in [1.807, 2.05) is 0 Å². The Morgan fingerprint density at radius 2 is 1.67 bits per heavy atom. The fourth-order valence-electron chi connectivity index (χ4n) is 1.68. The molecule has 0 amide bonds. The maximum absolute atomic E-state index is 5.89. The molecule has 12 heavy (non-hydrogen) atoms. The van der Waals surface area contributed by atoms with Crippen LogP contribution in [-0.4, -0.2) is 17.7 Å². The highest BCUT2D eigenvalue weighted by molar-refractivity contribution is 6.94. The Bertz CT molecular complexity index is 95.1. The van der Waals surface area contributed by atoms with Gasteiger partial charge >= 0.3 is 0 Å². The maximum Gasteiger partial charge on any atom is 0.125 e. The molecule has 0 bridgehead atoms. The molecule has 0 aromatic heterocycles. The molecule has 74 valence electrons. The van der Waals surface area contributed by atoms with Crippen molar-refractivity contribution in [2.75, 3.05) is 0 Å². The molecule has 0 nitrogen and oxygen atoms in total. The van der Waals surface area contributed by atoms with Crippen molar-refractivity contribution in [1.29, 1.82) is 0 Å². The molecular formula is C8H20Cl2Si2. The van der Waals surface area contributed by atoms with Crippen LogP contribution in [0.4, 0.5) is 0 Å². The Morgan fingerprint density at radius 1 is 1.17 bits per heavy atom. The van der Waals surface area contributed by atoms with Gasteiger partial charge in [0.1, 0.15) is 17.7 Å². The summed E-state index contributed by atoms with van der Waals surface area (Å²) in [6.45, 7) is 4.61. The van der Waals surface area contributed by atoms with Crippen molar-refractivity contribution >= 4 is 39.8 Å². The molecular weight excluding hydrogens is 223 g/mol. The summed E-state index contributed by atoms with van der Waals surface area (Å²) in [5.74, 6) is 1.71. The lowest BCUT2D eigenvalue weighted by atomic mass is 9.93. The van der Waals surface area contributed by atoms with Crippen LogP contribution in [0, 0.1) is 11.8 Å². The van der Waals surface area contributed by atoms with Crippen LogP contribution in [0.25, 0.3) is 0 Å². The molecule has 0 fully saturated rings. The van der Waals surface area contributed by atoms with E-state index in [9.17, 15) is 0 Å². The molecule has 0 spiro atoms. The molecule has 1 unspecified atom stereocenters. The van der Waals surface area contributed by atoms with Gasteiger partial charge in [0.05, 0.1) is 0 Å². The third kappa shape index (κ3) is 5.62. The molecule has 0 heterocycles. The lowest BCUT2D eigenvalue weighted by Crippen LogP contribution is -2.13. The normalized spacial score (nSPS) is 18.0. The lowest BCUT2D eigenvalue weighted by molar-refractivity contribution is 0.388. The second-order valence-corrected chi connectivity index (χ2v) is 7.66. The Kier molecular flexibility index (Phi) is 9.33. The second-order valence-electron chi connectivity index (χ2n) is 3.48. The van der Waals surface area contributed by atoms with E-state index in [4.69, 9.17) is 22.2 Å². The van der Waals surface area contributed by atoms with Crippen LogP contribution in [0.3, 0.4) is 0 Å². The fourth-order valence-corrected chi connectivity index (χ4v) is 6.22. The first-order chi connectivity index (χ1) is 5.76. The van der Waals surface area contributed by atoms with Gasteiger partial charge in [-0.15, -0.1) is 0 Å². The summed E-state index contributed by atoms with van der Waals surface area (Å²) in [7, 11) is -0.555. The van der Waals surface area contributed by atoms with E-state index in [2.05, 4.69) is 13.8 Å². The van der Waals surface area contributed by atoms with Crippen molar-refractivity contribution in [3.63, 3.8) is 0 Å². The smallest absolute Gasteiger partial charge is 0.125 e. The molecule has 0 aliphatic rings. The van der Waals surface area contributed by atoms with Gasteiger partial charge in [-0.05, 0) is 23.9 Å². The minimum Gasteiger partial charge on any atom is -0.176 e. The lowest BCUT2D eigenvalue weighted by Gasteiger charge is -2.21. The predicted molar refractivity (Wildman–Crippen MR) is 66.0 cm³/mol. The summed E-state index contributed by atoms with van der Waals surface area (Å²) in [6.07, 6.45) is 2.65. The monoisotopic (exact) mass is 242 g/mol. The van der Waals surface area contributed by atoms with Gasteiger partial charge in [-0.2, -0.15) is 22.2 Å². The zero-order chi connectivity index (χ0) is 9.40. The summed E-state index contributed by atoms with van der Waals surface area (Å²) in [5.41, 5.74) is 0. The molecule has 0 aliphatic heterocycles. The summed E-state index contributed by atoms with van der Waals surface area (Å²) in [5, 5.41) is 0. The topological polar surface area (TPSA) is 0 Å². The van der Waals surface area contributed by atoms with E-state index in [0.717, 1.165) is 11.8 Å². The highest BCUT2D eigenvalue weighted by Gasteiger charge is 2.15. The Labute approximate surface area is 90.5 Å². The van der Waals surface area contributed by atoms with Crippen LogP contribution in [0.15, 0.2) is 0 Å². The van der Waals surface area contributed by atoms with Crippen LogP contribution in [-0.2, 0) is 0 Å². The number of hydrogen-bond donors (Lipinski definition) is 0. The summed E-state index contributed by atoms with van der Waals surface area (Å²) >= 11 is 11.8. The molecule has 0 saturated carbocycles. The minimum absolute atomic E-state index is 0.278. The van der Waals surface area contributed by atoms with E-state index in [1.165, 1.54) is 24.9 Å². The van der Waals surface area contributed by atoms with Gasteiger partial charge < -0.3 is 0 Å². The third-order valence-electron chi connectivity index (χ3n) is 2.51. The molecule has 0 rings (SSSR count). The highest BCUT2D eigenvalue weighted by Crippen LogP contribution is 2.25. The van der Waals surface area contributed by atoms with Crippen molar-refractivity contribution in [3.8, 4) is 0 Å². The maximum atomic E-state index is 5.89. The van der Waals surface area contributed by atoms with Gasteiger partial charge in [-0.1, -0.05) is 26.7 Å². The van der Waals surface area contributed by atoms with Crippen LogP contribution >= 0.6 is 22.2 Å². The van der Waals surface area contributed by atoms with Crippen molar-refractivity contribution < 1.29 is 0 Å². The quantitative estimate of drug-likeness (QED) is 0.476. The highest BCUT2D eigenvalue weighted by atomic mass is 35.6. The first kappa shape index (κ1) is 13.0. The number of hydrogen-bond acceptors (Lipinski definition) is 0. The number of rotatable bonds is 7. The zero-order valence-electron chi connectivity index (χ0n) is 8.15. The molecule has 4 heteroatoms. The second kappa shape index (κ2) is 8.60. The molecule has 1 atom stereocenters. The summed E-state index contributed by atoms with van der Waals surface area (Å²) in [4.78, 5) is 0. The Morgan fingerprint density at radius 3 is 2.00 bits per heavy atom. The van der Waals surface area contributed by atoms with E-state index in [1.54, 1.807) is 0 Å². The molecule has 0 saturated heterocycles. The van der Waals surface area contributed by atoms with Crippen molar-refractivity contribution in [3.05, 3.63) is 0 Å².